The average Bonchev–Trinajstić information content (AvgIpc) is 2.69. The molecule has 0 spiro atoms. The van der Waals surface area contributed by atoms with Gasteiger partial charge in [0.1, 0.15) is 0 Å². The van der Waals surface area contributed by atoms with Gasteiger partial charge in [-0.05, 0) is 55.8 Å². The van der Waals surface area contributed by atoms with E-state index in [1.807, 2.05) is 13.2 Å². The number of anilines is 1. The van der Waals surface area contributed by atoms with Crippen LogP contribution in [0, 0.1) is 0 Å². The zero-order chi connectivity index (χ0) is 20.3. The molecule has 0 saturated carbocycles. The Bertz CT molecular complexity index is 539. The van der Waals surface area contributed by atoms with Crippen molar-refractivity contribution < 1.29 is 13.6 Å². The smallest absolute Gasteiger partial charge is 0.294 e. The lowest BCUT2D eigenvalue weighted by Gasteiger charge is -2.29. The highest BCUT2D eigenvalue weighted by Crippen LogP contribution is 2.23. The first kappa shape index (κ1) is 23.9. The molecule has 27 heavy (non-hydrogen) atoms. The molecule has 0 amide bonds. The molecular weight excluding hydrogens is 370 g/mol. The van der Waals surface area contributed by atoms with E-state index in [1.165, 1.54) is 5.69 Å². The molecule has 0 radical (unpaired) electrons. The van der Waals surface area contributed by atoms with Gasteiger partial charge in [0.15, 0.2) is 8.32 Å². The monoisotopic (exact) mass is 409 g/mol. The van der Waals surface area contributed by atoms with Crippen molar-refractivity contribution in [1.82, 2.24) is 0 Å². The predicted octanol–water partition coefficient (Wildman–Crippen LogP) is 5.67. The number of carbonyl (C=O) groups is 1. The largest absolute Gasteiger partial charge is 0.519 e. The van der Waals surface area contributed by atoms with Crippen molar-refractivity contribution in [3.8, 4) is 0 Å². The highest BCUT2D eigenvalue weighted by Gasteiger charge is 2.32. The molecule has 0 bridgehead atoms. The molecule has 0 N–H and O–H groups in total. The molecule has 154 valence electrons. The van der Waals surface area contributed by atoms with E-state index >= 15 is 0 Å². The minimum Gasteiger partial charge on any atom is -0.519 e. The van der Waals surface area contributed by atoms with Crippen LogP contribution < -0.4 is 4.90 Å². The van der Waals surface area contributed by atoms with Crippen LogP contribution in [0.2, 0.25) is 37.3 Å². The van der Waals surface area contributed by atoms with Crippen molar-refractivity contribution in [2.75, 3.05) is 25.1 Å². The van der Waals surface area contributed by atoms with Crippen molar-refractivity contribution in [2.45, 2.75) is 70.9 Å². The summed E-state index contributed by atoms with van der Waals surface area (Å²) in [4.78, 5) is 14.8. The Morgan fingerprint density at radius 3 is 2.11 bits per heavy atom. The normalized spacial score (nSPS) is 12.1. The van der Waals surface area contributed by atoms with Crippen molar-refractivity contribution in [3.05, 3.63) is 30.3 Å². The molecule has 1 rings (SSSR count). The summed E-state index contributed by atoms with van der Waals surface area (Å²) >= 11 is 0. The van der Waals surface area contributed by atoms with Gasteiger partial charge in [0.05, 0.1) is 6.42 Å². The Hall–Kier alpha value is -1.12. The molecule has 0 unspecified atom stereocenters. The number of hydrogen-bond donors (Lipinski definition) is 0. The third-order valence-electron chi connectivity index (χ3n) is 5.73. The maximum Gasteiger partial charge on any atom is 0.294 e. The van der Waals surface area contributed by atoms with E-state index in [0.717, 1.165) is 37.1 Å². The quantitative estimate of drug-likeness (QED) is 0.393. The standard InChI is InChI=1S/C21H39NO3Si2/c1-7-27(8-2,9-3)25-21(23)16-18-22(20-14-11-10-12-15-20)17-13-19-26(5,6)24-4/h10-12,14-15H,7-9,13,16-19H2,1-6H3. The van der Waals surface area contributed by atoms with Crippen molar-refractivity contribution >= 4 is 28.3 Å². The zero-order valence-electron chi connectivity index (χ0n) is 18.2. The van der Waals surface area contributed by atoms with Gasteiger partial charge in [0.2, 0.25) is 0 Å². The Kier molecular flexibility index (Phi) is 10.3. The van der Waals surface area contributed by atoms with Crippen LogP contribution in [0.1, 0.15) is 33.6 Å². The average molecular weight is 410 g/mol. The maximum atomic E-state index is 12.5. The first-order chi connectivity index (χ1) is 12.8. The lowest BCUT2D eigenvalue weighted by molar-refractivity contribution is -0.135. The molecule has 1 aromatic rings. The van der Waals surface area contributed by atoms with Gasteiger partial charge in [-0.15, -0.1) is 0 Å². The van der Waals surface area contributed by atoms with Gasteiger partial charge in [0, 0.05) is 25.9 Å². The van der Waals surface area contributed by atoms with E-state index in [2.05, 4.69) is 63.0 Å². The van der Waals surface area contributed by atoms with Gasteiger partial charge >= 0.3 is 0 Å². The number of para-hydroxylation sites is 1. The number of rotatable bonds is 13. The van der Waals surface area contributed by atoms with Crippen LogP contribution >= 0.6 is 0 Å². The zero-order valence-corrected chi connectivity index (χ0v) is 20.2. The third kappa shape index (κ3) is 8.19. The Morgan fingerprint density at radius 1 is 1.00 bits per heavy atom. The molecule has 1 aromatic carbocycles. The topological polar surface area (TPSA) is 38.8 Å². The number of hydrogen-bond acceptors (Lipinski definition) is 4. The van der Waals surface area contributed by atoms with Gasteiger partial charge in [0.25, 0.3) is 14.3 Å². The summed E-state index contributed by atoms with van der Waals surface area (Å²) in [6.45, 7) is 12.6. The Balaban J connectivity index is 2.68. The van der Waals surface area contributed by atoms with Gasteiger partial charge < -0.3 is 13.8 Å². The molecule has 6 heteroatoms. The molecule has 0 saturated heterocycles. The molecule has 0 atom stereocenters. The minimum atomic E-state index is -1.87. The molecular formula is C21H39NO3Si2. The molecule has 0 heterocycles. The van der Waals surface area contributed by atoms with Gasteiger partial charge in [-0.1, -0.05) is 39.0 Å². The summed E-state index contributed by atoms with van der Waals surface area (Å²) in [5.41, 5.74) is 1.17. The van der Waals surface area contributed by atoms with E-state index in [1.54, 1.807) is 0 Å². The molecule has 0 aliphatic rings. The molecule has 0 fully saturated rings. The number of benzene rings is 1. The van der Waals surface area contributed by atoms with E-state index in [9.17, 15) is 4.79 Å². The fourth-order valence-corrected chi connectivity index (χ4v) is 7.02. The second-order valence-electron chi connectivity index (χ2n) is 7.86. The SMILES string of the molecule is CC[Si](CC)(CC)OC(=O)CCN(CCC[Si](C)(C)OC)c1ccccc1. The van der Waals surface area contributed by atoms with E-state index in [4.69, 9.17) is 8.85 Å². The van der Waals surface area contributed by atoms with Crippen LogP contribution in [-0.4, -0.2) is 42.8 Å². The summed E-state index contributed by atoms with van der Waals surface area (Å²) in [6.07, 6.45) is 1.53. The third-order valence-corrected chi connectivity index (χ3v) is 12.9. The van der Waals surface area contributed by atoms with Crippen LogP contribution in [-0.2, 0) is 13.6 Å². The second kappa shape index (κ2) is 11.7. The maximum absolute atomic E-state index is 12.5. The summed E-state index contributed by atoms with van der Waals surface area (Å²) in [7, 11) is -1.59. The summed E-state index contributed by atoms with van der Waals surface area (Å²) in [5, 5.41) is 0. The molecule has 0 aromatic heterocycles. The fourth-order valence-electron chi connectivity index (χ4n) is 3.29. The number of carbonyl (C=O) groups excluding carboxylic acids is 1. The lowest BCUT2D eigenvalue weighted by Crippen LogP contribution is -2.39. The first-order valence-electron chi connectivity index (χ1n) is 10.4. The van der Waals surface area contributed by atoms with Crippen LogP contribution in [0.15, 0.2) is 30.3 Å². The minimum absolute atomic E-state index is 0.0280. The molecule has 0 aliphatic carbocycles. The highest BCUT2D eigenvalue weighted by molar-refractivity contribution is 6.74. The van der Waals surface area contributed by atoms with Crippen LogP contribution in [0.5, 0.6) is 0 Å². The Morgan fingerprint density at radius 2 is 1.59 bits per heavy atom. The van der Waals surface area contributed by atoms with E-state index in [0.29, 0.717) is 13.0 Å². The lowest BCUT2D eigenvalue weighted by atomic mass is 10.2. The summed E-state index contributed by atoms with van der Waals surface area (Å²) in [6, 6.07) is 14.5. The van der Waals surface area contributed by atoms with Gasteiger partial charge in [-0.2, -0.15) is 0 Å². The van der Waals surface area contributed by atoms with E-state index < -0.39 is 16.6 Å². The van der Waals surface area contributed by atoms with Gasteiger partial charge in [-0.25, -0.2) is 0 Å². The molecule has 4 nitrogen and oxygen atoms in total. The molecule has 0 aliphatic heterocycles. The van der Waals surface area contributed by atoms with Crippen molar-refractivity contribution in [2.24, 2.45) is 0 Å². The van der Waals surface area contributed by atoms with E-state index in [-0.39, 0.29) is 5.97 Å². The highest BCUT2D eigenvalue weighted by atomic mass is 28.4. The van der Waals surface area contributed by atoms with Gasteiger partial charge in [-0.3, -0.25) is 4.79 Å². The Labute approximate surface area is 168 Å². The van der Waals surface area contributed by atoms with Crippen molar-refractivity contribution in [1.29, 1.82) is 0 Å². The number of nitrogens with zero attached hydrogens (tertiary/aromatic N) is 1. The van der Waals surface area contributed by atoms with Crippen LogP contribution in [0.25, 0.3) is 0 Å². The first-order valence-corrected chi connectivity index (χ1v) is 16.0. The predicted molar refractivity (Wildman–Crippen MR) is 120 cm³/mol. The summed E-state index contributed by atoms with van der Waals surface area (Å²) < 4.78 is 11.7. The van der Waals surface area contributed by atoms with Crippen molar-refractivity contribution in [3.63, 3.8) is 0 Å². The summed E-state index contributed by atoms with van der Waals surface area (Å²) in [5.74, 6) is -0.0280. The van der Waals surface area contributed by atoms with Crippen LogP contribution in [0.4, 0.5) is 5.69 Å². The van der Waals surface area contributed by atoms with Crippen LogP contribution in [0.3, 0.4) is 0 Å². The fraction of sp³-hybridized carbons (Fsp3) is 0.667. The second-order valence-corrected chi connectivity index (χ2v) is 17.0.